The third kappa shape index (κ3) is 5.88. The van der Waals surface area contributed by atoms with Crippen molar-refractivity contribution in [1.82, 2.24) is 9.62 Å². The quantitative estimate of drug-likeness (QED) is 0.821. The van der Waals surface area contributed by atoms with E-state index in [9.17, 15) is 13.2 Å². The van der Waals surface area contributed by atoms with Gasteiger partial charge in [0.2, 0.25) is 15.9 Å². The lowest BCUT2D eigenvalue weighted by Crippen LogP contribution is -2.38. The van der Waals surface area contributed by atoms with Crippen LogP contribution in [0.1, 0.15) is 18.5 Å². The molecule has 0 heterocycles. The van der Waals surface area contributed by atoms with Crippen LogP contribution >= 0.6 is 0 Å². The number of amides is 1. The number of nitrogens with zero attached hydrogens (tertiary/aromatic N) is 1. The van der Waals surface area contributed by atoms with Crippen LogP contribution in [0.5, 0.6) is 11.5 Å². The van der Waals surface area contributed by atoms with E-state index in [0.717, 1.165) is 21.9 Å². The average Bonchev–Trinajstić information content (AvgIpc) is 2.55. The number of carbonyl (C=O) groups is 1. The Labute approximate surface area is 148 Å². The largest absolute Gasteiger partial charge is 0.457 e. The SMILES string of the molecule is CC(NC(=O)CN(C)S(C)(=O)=O)c1ccc(Oc2ccccc2)cc1. The molecule has 0 aliphatic rings. The summed E-state index contributed by atoms with van der Waals surface area (Å²) < 4.78 is 29.4. The maximum atomic E-state index is 12.0. The van der Waals surface area contributed by atoms with Gasteiger partial charge in [-0.2, -0.15) is 4.31 Å². The first-order valence-electron chi connectivity index (χ1n) is 7.79. The van der Waals surface area contributed by atoms with Crippen LogP contribution in [0.2, 0.25) is 0 Å². The average molecular weight is 362 g/mol. The molecule has 0 aliphatic heterocycles. The molecule has 1 unspecified atom stereocenters. The highest BCUT2D eigenvalue weighted by molar-refractivity contribution is 7.88. The summed E-state index contributed by atoms with van der Waals surface area (Å²) in [7, 11) is -2.01. The Kier molecular flexibility index (Phi) is 6.17. The Bertz CT molecular complexity index is 805. The van der Waals surface area contributed by atoms with Crippen LogP contribution in [0, 0.1) is 0 Å². The minimum Gasteiger partial charge on any atom is -0.457 e. The molecule has 0 bridgehead atoms. The molecule has 0 fully saturated rings. The fraction of sp³-hybridized carbons (Fsp3) is 0.278. The second kappa shape index (κ2) is 8.13. The van der Waals surface area contributed by atoms with Gasteiger partial charge in [-0.3, -0.25) is 4.79 Å². The van der Waals surface area contributed by atoms with Gasteiger partial charge >= 0.3 is 0 Å². The molecule has 7 heteroatoms. The highest BCUT2D eigenvalue weighted by atomic mass is 32.2. The monoisotopic (exact) mass is 362 g/mol. The Balaban J connectivity index is 1.93. The van der Waals surface area contributed by atoms with Gasteiger partial charge in [-0.1, -0.05) is 30.3 Å². The zero-order chi connectivity index (χ0) is 18.4. The first kappa shape index (κ1) is 19.0. The maximum Gasteiger partial charge on any atom is 0.235 e. The third-order valence-electron chi connectivity index (χ3n) is 3.67. The van der Waals surface area contributed by atoms with Crippen LogP contribution in [0.15, 0.2) is 54.6 Å². The molecule has 0 spiro atoms. The van der Waals surface area contributed by atoms with Crippen molar-refractivity contribution in [3.8, 4) is 11.5 Å². The third-order valence-corrected chi connectivity index (χ3v) is 4.93. The molecule has 6 nitrogen and oxygen atoms in total. The molecule has 0 saturated heterocycles. The van der Waals surface area contributed by atoms with E-state index in [1.54, 1.807) is 0 Å². The number of likely N-dealkylation sites (N-methyl/N-ethyl adjacent to an activating group) is 1. The van der Waals surface area contributed by atoms with Crippen molar-refractivity contribution >= 4 is 15.9 Å². The molecule has 1 amide bonds. The molecule has 134 valence electrons. The van der Waals surface area contributed by atoms with E-state index in [2.05, 4.69) is 5.32 Å². The minimum absolute atomic E-state index is 0.210. The molecule has 25 heavy (non-hydrogen) atoms. The lowest BCUT2D eigenvalue weighted by Gasteiger charge is -2.18. The van der Waals surface area contributed by atoms with Crippen molar-refractivity contribution in [3.63, 3.8) is 0 Å². The topological polar surface area (TPSA) is 75.7 Å². The zero-order valence-corrected chi connectivity index (χ0v) is 15.3. The number of sulfonamides is 1. The van der Waals surface area contributed by atoms with Crippen LogP contribution in [0.3, 0.4) is 0 Å². The van der Waals surface area contributed by atoms with Crippen molar-refractivity contribution < 1.29 is 17.9 Å². The number of ether oxygens (including phenoxy) is 1. The van der Waals surface area contributed by atoms with Gasteiger partial charge < -0.3 is 10.1 Å². The van der Waals surface area contributed by atoms with Gasteiger partial charge in [0.15, 0.2) is 0 Å². The number of hydrogen-bond donors (Lipinski definition) is 1. The molecule has 0 radical (unpaired) electrons. The van der Waals surface area contributed by atoms with Crippen LogP contribution in [0.4, 0.5) is 0 Å². The Morgan fingerprint density at radius 2 is 1.64 bits per heavy atom. The Hall–Kier alpha value is -2.38. The van der Waals surface area contributed by atoms with E-state index in [4.69, 9.17) is 4.74 Å². The van der Waals surface area contributed by atoms with Gasteiger partial charge in [0.1, 0.15) is 11.5 Å². The number of carbonyl (C=O) groups excluding carboxylic acids is 1. The van der Waals surface area contributed by atoms with Crippen LogP contribution in [-0.4, -0.2) is 38.5 Å². The van der Waals surface area contributed by atoms with Crippen molar-refractivity contribution in [3.05, 3.63) is 60.2 Å². The van der Waals surface area contributed by atoms with Crippen LogP contribution < -0.4 is 10.1 Å². The molecule has 2 aromatic rings. The van der Waals surface area contributed by atoms with Crippen molar-refractivity contribution in [1.29, 1.82) is 0 Å². The normalized spacial score (nSPS) is 12.6. The summed E-state index contributed by atoms with van der Waals surface area (Å²) in [6.07, 6.45) is 1.06. The fourth-order valence-electron chi connectivity index (χ4n) is 2.14. The van der Waals surface area contributed by atoms with Crippen molar-refractivity contribution in [2.24, 2.45) is 0 Å². The number of para-hydroxylation sites is 1. The van der Waals surface area contributed by atoms with Crippen LogP contribution in [-0.2, 0) is 14.8 Å². The predicted octanol–water partition coefficient (Wildman–Crippen LogP) is 2.55. The van der Waals surface area contributed by atoms with E-state index < -0.39 is 10.0 Å². The molecule has 1 N–H and O–H groups in total. The molecular formula is C18H22N2O4S. The molecular weight excluding hydrogens is 340 g/mol. The van der Waals surface area contributed by atoms with Gasteiger partial charge in [-0.25, -0.2) is 8.42 Å². The summed E-state index contributed by atoms with van der Waals surface area (Å²) in [6, 6.07) is 16.6. The number of rotatable bonds is 7. The smallest absolute Gasteiger partial charge is 0.235 e. The molecule has 2 rings (SSSR count). The Morgan fingerprint density at radius 3 is 2.20 bits per heavy atom. The summed E-state index contributed by atoms with van der Waals surface area (Å²) in [5.74, 6) is 1.09. The highest BCUT2D eigenvalue weighted by Gasteiger charge is 2.17. The summed E-state index contributed by atoms with van der Waals surface area (Å²) in [5.41, 5.74) is 0.899. The number of benzene rings is 2. The fourth-order valence-corrected chi connectivity index (χ4v) is 2.49. The lowest BCUT2D eigenvalue weighted by atomic mass is 10.1. The van der Waals surface area contributed by atoms with Gasteiger partial charge in [0.05, 0.1) is 18.8 Å². The molecule has 2 aromatic carbocycles. The van der Waals surface area contributed by atoms with Crippen LogP contribution in [0.25, 0.3) is 0 Å². The van der Waals surface area contributed by atoms with Crippen molar-refractivity contribution in [2.45, 2.75) is 13.0 Å². The van der Waals surface area contributed by atoms with Gasteiger partial charge in [0.25, 0.3) is 0 Å². The maximum absolute atomic E-state index is 12.0. The van der Waals surface area contributed by atoms with Gasteiger partial charge in [-0.05, 0) is 36.8 Å². The van der Waals surface area contributed by atoms with Crippen molar-refractivity contribution in [2.75, 3.05) is 19.8 Å². The standard InChI is InChI=1S/C18H22N2O4S/c1-14(19-18(21)13-20(2)25(3,22)23)15-9-11-17(12-10-15)24-16-7-5-4-6-8-16/h4-12,14H,13H2,1-3H3,(H,19,21). The first-order valence-corrected chi connectivity index (χ1v) is 9.64. The van der Waals surface area contributed by atoms with Gasteiger partial charge in [0, 0.05) is 7.05 Å². The predicted molar refractivity (Wildman–Crippen MR) is 97.0 cm³/mol. The molecule has 0 aromatic heterocycles. The number of nitrogens with one attached hydrogen (secondary N) is 1. The summed E-state index contributed by atoms with van der Waals surface area (Å²) in [4.78, 5) is 12.0. The first-order chi connectivity index (χ1) is 11.8. The Morgan fingerprint density at radius 1 is 1.08 bits per heavy atom. The minimum atomic E-state index is -3.38. The van der Waals surface area contributed by atoms with E-state index in [0.29, 0.717) is 5.75 Å². The number of hydrogen-bond acceptors (Lipinski definition) is 4. The lowest BCUT2D eigenvalue weighted by molar-refractivity contribution is -0.121. The van der Waals surface area contributed by atoms with E-state index >= 15 is 0 Å². The molecule has 1 atom stereocenters. The molecule has 0 aliphatic carbocycles. The summed E-state index contributed by atoms with van der Waals surface area (Å²) >= 11 is 0. The second-order valence-corrected chi connectivity index (χ2v) is 7.88. The second-order valence-electron chi connectivity index (χ2n) is 5.79. The van der Waals surface area contributed by atoms with E-state index in [-0.39, 0.29) is 18.5 Å². The zero-order valence-electron chi connectivity index (χ0n) is 14.5. The summed E-state index contributed by atoms with van der Waals surface area (Å²) in [6.45, 7) is 1.63. The summed E-state index contributed by atoms with van der Waals surface area (Å²) in [5, 5.41) is 2.78. The molecule has 0 saturated carbocycles. The van der Waals surface area contributed by atoms with Gasteiger partial charge in [-0.15, -0.1) is 0 Å². The van der Waals surface area contributed by atoms with E-state index in [1.807, 2.05) is 61.5 Å². The van der Waals surface area contributed by atoms with E-state index in [1.165, 1.54) is 7.05 Å². The highest BCUT2D eigenvalue weighted by Crippen LogP contribution is 2.23.